The Kier molecular flexibility index (Phi) is 5.72. The quantitative estimate of drug-likeness (QED) is 0.528. The van der Waals surface area contributed by atoms with Crippen molar-refractivity contribution in [1.82, 2.24) is 5.32 Å². The van der Waals surface area contributed by atoms with Gasteiger partial charge in [0.05, 0.1) is 11.0 Å². The number of benzene rings is 3. The number of halogens is 1. The summed E-state index contributed by atoms with van der Waals surface area (Å²) in [5.41, 5.74) is -0.0966. The maximum Gasteiger partial charge on any atom is 0.324 e. The maximum atomic E-state index is 14.5. The summed E-state index contributed by atoms with van der Waals surface area (Å²) in [7, 11) is 0. The zero-order chi connectivity index (χ0) is 24.8. The molecule has 5 nitrogen and oxygen atoms in total. The molecule has 0 amide bonds. The van der Waals surface area contributed by atoms with E-state index in [0.29, 0.717) is 16.9 Å². The third-order valence-corrected chi connectivity index (χ3v) is 6.77. The molecule has 0 aliphatic carbocycles. The second kappa shape index (κ2) is 8.61. The van der Waals surface area contributed by atoms with Gasteiger partial charge in [0.25, 0.3) is 0 Å². The topological polar surface area (TPSA) is 64.6 Å². The number of Topliss-reactive ketones (excluding diaryl/α,β-unsaturated/α-hetero) is 1. The zero-order valence-corrected chi connectivity index (χ0v) is 20.0. The van der Waals surface area contributed by atoms with Crippen LogP contribution in [-0.4, -0.2) is 30.0 Å². The summed E-state index contributed by atoms with van der Waals surface area (Å²) in [6.07, 6.45) is 0. The molecule has 1 N–H and O–H groups in total. The lowest BCUT2D eigenvalue weighted by molar-refractivity contribution is -0.157. The van der Waals surface area contributed by atoms with Crippen molar-refractivity contribution in [3.63, 3.8) is 0 Å². The van der Waals surface area contributed by atoms with E-state index in [1.807, 2.05) is 36.4 Å². The first-order chi connectivity index (χ1) is 16.7. The van der Waals surface area contributed by atoms with Crippen molar-refractivity contribution in [3.8, 4) is 5.75 Å². The highest BCUT2D eigenvalue weighted by Gasteiger charge is 2.64. The fourth-order valence-corrected chi connectivity index (χ4v) is 5.44. The van der Waals surface area contributed by atoms with Crippen molar-refractivity contribution in [1.29, 1.82) is 0 Å². The Hall–Kier alpha value is -3.51. The van der Waals surface area contributed by atoms with E-state index in [9.17, 15) is 14.0 Å². The second-order valence-corrected chi connectivity index (χ2v) is 10.2. The average molecular weight is 474 g/mol. The van der Waals surface area contributed by atoms with Crippen molar-refractivity contribution in [2.75, 3.05) is 6.61 Å². The van der Waals surface area contributed by atoms with Crippen molar-refractivity contribution in [2.24, 2.45) is 5.41 Å². The predicted molar refractivity (Wildman–Crippen MR) is 130 cm³/mol. The lowest BCUT2D eigenvalue weighted by Crippen LogP contribution is -2.48. The van der Waals surface area contributed by atoms with Gasteiger partial charge in [0.15, 0.2) is 5.78 Å². The number of nitrogens with one attached hydrogen (secondary N) is 1. The fraction of sp³-hybridized carbons (Fsp3) is 0.310. The van der Waals surface area contributed by atoms with Gasteiger partial charge in [-0.25, -0.2) is 4.39 Å². The molecule has 4 atom stereocenters. The summed E-state index contributed by atoms with van der Waals surface area (Å²) in [5, 5.41) is 3.42. The third-order valence-electron chi connectivity index (χ3n) is 6.77. The van der Waals surface area contributed by atoms with Gasteiger partial charge < -0.3 is 9.47 Å². The molecule has 6 heteroatoms. The standard InChI is InChI=1S/C29H28FNO4/c1-28(2,3)35-27(33)24-23(19-12-9-13-20(30)16-19)29(25(31-24)18-10-5-4-6-11-18)17-34-22-15-8-7-14-21(22)26(29)32/h4-16,23-25,31H,17H2,1-3H3/t23-,24+,25+,29+/m1/s1. The van der Waals surface area contributed by atoms with Gasteiger partial charge in [0.2, 0.25) is 0 Å². The smallest absolute Gasteiger partial charge is 0.324 e. The van der Waals surface area contributed by atoms with Gasteiger partial charge in [-0.1, -0.05) is 54.6 Å². The minimum absolute atomic E-state index is 0.0376. The van der Waals surface area contributed by atoms with Gasteiger partial charge in [-0.2, -0.15) is 0 Å². The lowest BCUT2D eigenvalue weighted by atomic mass is 9.62. The summed E-state index contributed by atoms with van der Waals surface area (Å²) < 4.78 is 26.4. The zero-order valence-electron chi connectivity index (χ0n) is 20.0. The molecule has 0 aromatic heterocycles. The van der Waals surface area contributed by atoms with E-state index in [4.69, 9.17) is 9.47 Å². The van der Waals surface area contributed by atoms with Gasteiger partial charge in [0.1, 0.15) is 29.8 Å². The summed E-state index contributed by atoms with van der Waals surface area (Å²) in [4.78, 5) is 27.9. The molecule has 1 saturated heterocycles. The van der Waals surface area contributed by atoms with Crippen LogP contribution in [0, 0.1) is 11.2 Å². The van der Waals surface area contributed by atoms with Crippen LogP contribution in [-0.2, 0) is 9.53 Å². The van der Waals surface area contributed by atoms with Crippen LogP contribution < -0.4 is 10.1 Å². The number of rotatable bonds is 3. The summed E-state index contributed by atoms with van der Waals surface area (Å²) in [5.74, 6) is -1.28. The summed E-state index contributed by atoms with van der Waals surface area (Å²) in [6, 6.07) is 21.3. The number of fused-ring (bicyclic) bond motifs is 1. The number of hydrogen-bond donors (Lipinski definition) is 1. The molecule has 1 spiro atoms. The Morgan fingerprint density at radius 1 is 1.00 bits per heavy atom. The average Bonchev–Trinajstić information content (AvgIpc) is 3.17. The lowest BCUT2D eigenvalue weighted by Gasteiger charge is -2.42. The summed E-state index contributed by atoms with van der Waals surface area (Å²) in [6.45, 7) is 5.43. The normalized spacial score (nSPS) is 25.7. The van der Waals surface area contributed by atoms with E-state index in [1.165, 1.54) is 12.1 Å². The molecule has 5 rings (SSSR count). The number of esters is 1. The number of carbonyl (C=O) groups excluding carboxylic acids is 2. The molecule has 35 heavy (non-hydrogen) atoms. The van der Waals surface area contributed by atoms with Gasteiger partial charge >= 0.3 is 5.97 Å². The molecule has 2 aliphatic heterocycles. The fourth-order valence-electron chi connectivity index (χ4n) is 5.44. The Balaban J connectivity index is 1.74. The minimum atomic E-state index is -1.20. The van der Waals surface area contributed by atoms with Crippen LogP contribution in [0.1, 0.15) is 54.2 Å². The van der Waals surface area contributed by atoms with Gasteiger partial charge in [-0.15, -0.1) is 0 Å². The first kappa shape index (κ1) is 23.2. The number of ketones is 1. The molecule has 180 valence electrons. The molecule has 2 heterocycles. The van der Waals surface area contributed by atoms with Crippen LogP contribution in [0.25, 0.3) is 0 Å². The SMILES string of the molecule is CC(C)(C)OC(=O)[C@H]1N[C@@H](c2ccccc2)[C@]2(COc3ccccc3C2=O)[C@@H]1c1cccc(F)c1. The minimum Gasteiger partial charge on any atom is -0.492 e. The van der Waals surface area contributed by atoms with E-state index in [0.717, 1.165) is 5.56 Å². The number of carbonyl (C=O) groups is 2. The van der Waals surface area contributed by atoms with Gasteiger partial charge in [0, 0.05) is 12.0 Å². The Bertz CT molecular complexity index is 1270. The molecule has 3 aromatic carbocycles. The number of hydrogen-bond acceptors (Lipinski definition) is 5. The van der Waals surface area contributed by atoms with Gasteiger partial charge in [-0.3, -0.25) is 14.9 Å². The maximum absolute atomic E-state index is 14.5. The molecule has 0 saturated carbocycles. The molecular weight excluding hydrogens is 445 g/mol. The largest absolute Gasteiger partial charge is 0.492 e. The Morgan fingerprint density at radius 3 is 2.40 bits per heavy atom. The third kappa shape index (κ3) is 4.02. The number of ether oxygens (including phenoxy) is 2. The molecule has 0 bridgehead atoms. The van der Waals surface area contributed by atoms with E-state index in [2.05, 4.69) is 5.32 Å². The van der Waals surface area contributed by atoms with Gasteiger partial charge in [-0.05, 0) is 56.2 Å². The molecular formula is C29H28FNO4. The van der Waals surface area contributed by atoms with Crippen LogP contribution in [0.15, 0.2) is 78.9 Å². The monoisotopic (exact) mass is 473 g/mol. The van der Waals surface area contributed by atoms with E-state index >= 15 is 0 Å². The van der Waals surface area contributed by atoms with E-state index in [-0.39, 0.29) is 12.4 Å². The molecule has 2 aliphatic rings. The predicted octanol–water partition coefficient (Wildman–Crippen LogP) is 5.23. The molecule has 3 aromatic rings. The summed E-state index contributed by atoms with van der Waals surface area (Å²) >= 11 is 0. The first-order valence-electron chi connectivity index (χ1n) is 11.8. The van der Waals surface area contributed by atoms with Crippen LogP contribution >= 0.6 is 0 Å². The van der Waals surface area contributed by atoms with Crippen molar-refractivity contribution < 1.29 is 23.5 Å². The van der Waals surface area contributed by atoms with Crippen LogP contribution in [0.5, 0.6) is 5.75 Å². The van der Waals surface area contributed by atoms with Crippen molar-refractivity contribution in [3.05, 3.63) is 101 Å². The highest BCUT2D eigenvalue weighted by atomic mass is 19.1. The van der Waals surface area contributed by atoms with Crippen LogP contribution in [0.2, 0.25) is 0 Å². The molecule has 0 unspecified atom stereocenters. The van der Waals surface area contributed by atoms with E-state index < -0.39 is 40.8 Å². The second-order valence-electron chi connectivity index (χ2n) is 10.2. The molecule has 0 radical (unpaired) electrons. The van der Waals surface area contributed by atoms with Crippen molar-refractivity contribution >= 4 is 11.8 Å². The van der Waals surface area contributed by atoms with Crippen molar-refractivity contribution in [2.45, 2.75) is 44.4 Å². The highest BCUT2D eigenvalue weighted by molar-refractivity contribution is 6.06. The Morgan fingerprint density at radius 2 is 1.69 bits per heavy atom. The first-order valence-corrected chi connectivity index (χ1v) is 11.8. The highest BCUT2D eigenvalue weighted by Crippen LogP contribution is 2.57. The van der Waals surface area contributed by atoms with Crippen LogP contribution in [0.4, 0.5) is 4.39 Å². The number of para-hydroxylation sites is 1. The van der Waals surface area contributed by atoms with E-state index in [1.54, 1.807) is 51.1 Å². The Labute approximate surface area is 204 Å². The van der Waals surface area contributed by atoms with Crippen LogP contribution in [0.3, 0.4) is 0 Å². The molecule has 1 fully saturated rings.